The molecule has 4 nitrogen and oxygen atoms in total. The smallest absolute Gasteiger partial charge is 0.251 e. The number of amides is 1. The van der Waals surface area contributed by atoms with Gasteiger partial charge in [0, 0.05) is 36.3 Å². The minimum atomic E-state index is -1.60. The van der Waals surface area contributed by atoms with Crippen LogP contribution in [-0.4, -0.2) is 35.5 Å². The quantitative estimate of drug-likeness (QED) is 0.438. The average Bonchev–Trinajstić information content (AvgIpc) is 2.70. The summed E-state index contributed by atoms with van der Waals surface area (Å²) in [7, 11) is 0. The summed E-state index contributed by atoms with van der Waals surface area (Å²) in [6.45, 7) is 10.7. The normalized spacial score (nSPS) is 12.5. The lowest BCUT2D eigenvalue weighted by Crippen LogP contribution is -2.47. The molecule has 0 saturated carbocycles. The Kier molecular flexibility index (Phi) is 8.44. The number of hydrogen-bond donors (Lipinski definition) is 1. The minimum absolute atomic E-state index is 0.0749. The van der Waals surface area contributed by atoms with Crippen LogP contribution in [0.1, 0.15) is 50.5 Å². The van der Waals surface area contributed by atoms with E-state index in [4.69, 9.17) is 4.74 Å². The molecule has 0 spiro atoms. The van der Waals surface area contributed by atoms with Gasteiger partial charge < -0.3 is 10.1 Å². The predicted molar refractivity (Wildman–Crippen MR) is 111 cm³/mol. The van der Waals surface area contributed by atoms with E-state index in [1.165, 1.54) is 0 Å². The third-order valence-electron chi connectivity index (χ3n) is 4.86. The summed E-state index contributed by atoms with van der Waals surface area (Å²) < 4.78 is 58.8. The largest absolute Gasteiger partial charge is 0.483 e. The fraction of sp³-hybridized carbons (Fsp3) is 0.435. The fourth-order valence-corrected chi connectivity index (χ4v) is 3.27. The summed E-state index contributed by atoms with van der Waals surface area (Å²) in [5, 5.41) is 2.95. The number of carbonyl (C=O) groups is 1. The van der Waals surface area contributed by atoms with Crippen LogP contribution in [0.25, 0.3) is 0 Å². The van der Waals surface area contributed by atoms with E-state index in [0.717, 1.165) is 0 Å². The Morgan fingerprint density at radius 1 is 0.935 bits per heavy atom. The zero-order chi connectivity index (χ0) is 23.3. The van der Waals surface area contributed by atoms with E-state index < -0.39 is 29.0 Å². The van der Waals surface area contributed by atoms with Gasteiger partial charge in [0.1, 0.15) is 6.61 Å². The van der Waals surface area contributed by atoms with Gasteiger partial charge in [-0.1, -0.05) is 12.1 Å². The van der Waals surface area contributed by atoms with Crippen LogP contribution in [0.2, 0.25) is 0 Å². The van der Waals surface area contributed by atoms with Crippen molar-refractivity contribution in [2.45, 2.75) is 59.4 Å². The molecule has 170 valence electrons. The molecule has 0 fully saturated rings. The van der Waals surface area contributed by atoms with Gasteiger partial charge in [0.05, 0.1) is 0 Å². The molecule has 0 saturated heterocycles. The van der Waals surface area contributed by atoms with Crippen LogP contribution in [0.15, 0.2) is 30.3 Å². The molecule has 2 rings (SSSR count). The molecule has 0 aliphatic carbocycles. The number of hydrogen-bond acceptors (Lipinski definition) is 3. The first-order valence-corrected chi connectivity index (χ1v) is 10.1. The van der Waals surface area contributed by atoms with E-state index in [0.29, 0.717) is 29.8 Å². The topological polar surface area (TPSA) is 41.6 Å². The fourth-order valence-electron chi connectivity index (χ4n) is 3.27. The zero-order valence-electron chi connectivity index (χ0n) is 18.3. The predicted octanol–water partition coefficient (Wildman–Crippen LogP) is 5.06. The van der Waals surface area contributed by atoms with Gasteiger partial charge >= 0.3 is 0 Å². The average molecular weight is 440 g/mol. The molecule has 1 N–H and O–H groups in total. The number of nitrogens with one attached hydrogen (secondary N) is 1. The third-order valence-corrected chi connectivity index (χ3v) is 4.86. The number of nitrogens with zero attached hydrogens (tertiary/aromatic N) is 1. The van der Waals surface area contributed by atoms with Crippen LogP contribution in [0.4, 0.5) is 17.6 Å². The Balaban J connectivity index is 1.98. The summed E-state index contributed by atoms with van der Waals surface area (Å²) in [6.07, 6.45) is 0. The van der Waals surface area contributed by atoms with E-state index >= 15 is 0 Å². The second-order valence-corrected chi connectivity index (χ2v) is 8.04. The summed E-state index contributed by atoms with van der Waals surface area (Å²) in [5.41, 5.74) is 0.879. The van der Waals surface area contributed by atoms with Crippen molar-refractivity contribution in [1.29, 1.82) is 0 Å². The van der Waals surface area contributed by atoms with Crippen LogP contribution in [0.3, 0.4) is 0 Å². The molecule has 0 unspecified atom stereocenters. The first kappa shape index (κ1) is 24.7. The maximum absolute atomic E-state index is 13.7. The molecular weight excluding hydrogens is 412 g/mol. The van der Waals surface area contributed by atoms with Crippen molar-refractivity contribution in [2.24, 2.45) is 0 Å². The van der Waals surface area contributed by atoms with Crippen LogP contribution in [0.5, 0.6) is 5.75 Å². The van der Waals surface area contributed by atoms with Gasteiger partial charge in [-0.05, 0) is 52.3 Å². The van der Waals surface area contributed by atoms with Crippen LogP contribution < -0.4 is 10.1 Å². The Hall–Kier alpha value is -2.61. The highest BCUT2D eigenvalue weighted by Crippen LogP contribution is 2.27. The molecule has 0 aromatic heterocycles. The number of rotatable bonds is 9. The standard InChI is InChI=1S/C23H28F4N2O2/c1-13(2)29(14(3)4)11-15(5)28-23(30)17-8-6-16(7-9-17)12-31-22-20(26)18(24)10-19(25)21(22)27/h6-10,13-15H,11-12H2,1-5H3,(H,28,30)/t15-/m1/s1. The molecular formula is C23H28F4N2O2. The Morgan fingerprint density at radius 2 is 1.45 bits per heavy atom. The van der Waals surface area contributed by atoms with Crippen LogP contribution in [-0.2, 0) is 6.61 Å². The van der Waals surface area contributed by atoms with Crippen molar-refractivity contribution in [2.75, 3.05) is 6.54 Å². The third kappa shape index (κ3) is 6.43. The van der Waals surface area contributed by atoms with Gasteiger partial charge in [-0.3, -0.25) is 9.69 Å². The zero-order valence-corrected chi connectivity index (χ0v) is 18.3. The lowest BCUT2D eigenvalue weighted by molar-refractivity contribution is 0.0911. The minimum Gasteiger partial charge on any atom is -0.483 e. The second kappa shape index (κ2) is 10.6. The van der Waals surface area contributed by atoms with E-state index in [9.17, 15) is 22.4 Å². The number of halogens is 4. The highest BCUT2D eigenvalue weighted by molar-refractivity contribution is 5.94. The van der Waals surface area contributed by atoms with Crippen LogP contribution in [0, 0.1) is 23.3 Å². The van der Waals surface area contributed by atoms with Gasteiger partial charge in [-0.2, -0.15) is 8.78 Å². The van der Waals surface area contributed by atoms with E-state index in [1.807, 2.05) is 6.92 Å². The second-order valence-electron chi connectivity index (χ2n) is 8.04. The van der Waals surface area contributed by atoms with Gasteiger partial charge in [-0.25, -0.2) is 8.78 Å². The molecule has 0 bridgehead atoms. The van der Waals surface area contributed by atoms with Crippen molar-refractivity contribution in [3.05, 3.63) is 64.7 Å². The van der Waals surface area contributed by atoms with E-state index in [1.54, 1.807) is 24.3 Å². The van der Waals surface area contributed by atoms with Gasteiger partial charge in [0.25, 0.3) is 5.91 Å². The molecule has 2 aromatic rings. The van der Waals surface area contributed by atoms with Crippen molar-refractivity contribution in [3.8, 4) is 5.75 Å². The molecule has 31 heavy (non-hydrogen) atoms. The molecule has 8 heteroatoms. The Bertz CT molecular complexity index is 867. The molecule has 1 atom stereocenters. The summed E-state index contributed by atoms with van der Waals surface area (Å²) in [4.78, 5) is 14.8. The van der Waals surface area contributed by atoms with Gasteiger partial charge in [0.2, 0.25) is 11.6 Å². The molecule has 0 radical (unpaired) electrons. The summed E-state index contributed by atoms with van der Waals surface area (Å²) in [6, 6.07) is 6.91. The Labute approximate surface area is 180 Å². The van der Waals surface area contributed by atoms with Crippen LogP contribution >= 0.6 is 0 Å². The van der Waals surface area contributed by atoms with Gasteiger partial charge in [-0.15, -0.1) is 0 Å². The molecule has 0 aliphatic heterocycles. The lowest BCUT2D eigenvalue weighted by atomic mass is 10.1. The molecule has 0 heterocycles. The first-order valence-electron chi connectivity index (χ1n) is 10.1. The lowest BCUT2D eigenvalue weighted by Gasteiger charge is -2.33. The number of ether oxygens (including phenoxy) is 1. The highest BCUT2D eigenvalue weighted by Gasteiger charge is 2.21. The van der Waals surface area contributed by atoms with Crippen molar-refractivity contribution in [3.63, 3.8) is 0 Å². The SMILES string of the molecule is CC(C)N(C[C@@H](C)NC(=O)c1ccc(COc2c(F)c(F)cc(F)c2F)cc1)C(C)C. The maximum Gasteiger partial charge on any atom is 0.251 e. The van der Waals surface area contributed by atoms with Gasteiger partial charge in [0.15, 0.2) is 17.4 Å². The summed E-state index contributed by atoms with van der Waals surface area (Å²) >= 11 is 0. The van der Waals surface area contributed by atoms with Crippen molar-refractivity contribution < 1.29 is 27.1 Å². The number of benzene rings is 2. The summed E-state index contributed by atoms with van der Waals surface area (Å²) in [5.74, 6) is -7.64. The van der Waals surface area contributed by atoms with Crippen molar-refractivity contribution >= 4 is 5.91 Å². The van der Waals surface area contributed by atoms with Crippen molar-refractivity contribution in [1.82, 2.24) is 10.2 Å². The maximum atomic E-state index is 13.7. The Morgan fingerprint density at radius 3 is 1.94 bits per heavy atom. The monoisotopic (exact) mass is 440 g/mol. The first-order chi connectivity index (χ1) is 14.5. The number of carbonyl (C=O) groups excluding carboxylic acids is 1. The van der Waals surface area contributed by atoms with E-state index in [2.05, 4.69) is 37.9 Å². The molecule has 2 aromatic carbocycles. The molecule has 0 aliphatic rings. The molecule has 1 amide bonds. The van der Waals surface area contributed by atoms with E-state index in [-0.39, 0.29) is 24.6 Å². The highest BCUT2D eigenvalue weighted by atomic mass is 19.2.